The van der Waals surface area contributed by atoms with Gasteiger partial charge < -0.3 is 5.11 Å². The summed E-state index contributed by atoms with van der Waals surface area (Å²) in [6, 6.07) is 6.52. The largest absolute Gasteiger partial charge is 0.507 e. The second-order valence-electron chi connectivity index (χ2n) is 3.03. The molecule has 2 rings (SSSR count). The summed E-state index contributed by atoms with van der Waals surface area (Å²) in [6.45, 7) is 0. The summed E-state index contributed by atoms with van der Waals surface area (Å²) in [7, 11) is 0. The predicted octanol–water partition coefficient (Wildman–Crippen LogP) is 2.20. The average Bonchev–Trinajstić information content (AvgIpc) is 2.78. The van der Waals surface area contributed by atoms with Crippen molar-refractivity contribution < 1.29 is 9.90 Å². The second kappa shape index (κ2) is 4.13. The molecule has 1 N–H and O–H groups in total. The Bertz CT molecular complexity index is 584. The fourth-order valence-electron chi connectivity index (χ4n) is 1.23. The molecule has 0 spiro atoms. The SMILES string of the molecule is N#Cc1cc(-c2ncc(C=O)s2)ccc1O. The van der Waals surface area contributed by atoms with Gasteiger partial charge in [-0.1, -0.05) is 0 Å². The van der Waals surface area contributed by atoms with Gasteiger partial charge in [0.25, 0.3) is 0 Å². The Morgan fingerprint density at radius 2 is 2.31 bits per heavy atom. The molecular formula is C11H6N2O2S. The molecule has 0 atom stereocenters. The zero-order chi connectivity index (χ0) is 11.5. The Balaban J connectivity index is 2.48. The van der Waals surface area contributed by atoms with Crippen molar-refractivity contribution in [1.29, 1.82) is 5.26 Å². The van der Waals surface area contributed by atoms with Gasteiger partial charge in [-0.05, 0) is 18.2 Å². The fraction of sp³-hybridized carbons (Fsp3) is 0. The van der Waals surface area contributed by atoms with Crippen LogP contribution in [0, 0.1) is 11.3 Å². The van der Waals surface area contributed by atoms with Crippen molar-refractivity contribution in [2.45, 2.75) is 0 Å². The normalized spacial score (nSPS) is 9.69. The molecule has 0 bridgehead atoms. The number of hydrogen-bond acceptors (Lipinski definition) is 5. The zero-order valence-electron chi connectivity index (χ0n) is 8.04. The highest BCUT2D eigenvalue weighted by Gasteiger charge is 2.07. The third-order valence-electron chi connectivity index (χ3n) is 2.00. The quantitative estimate of drug-likeness (QED) is 0.802. The maximum absolute atomic E-state index is 10.5. The van der Waals surface area contributed by atoms with Gasteiger partial charge in [-0.2, -0.15) is 5.26 Å². The van der Waals surface area contributed by atoms with Crippen molar-refractivity contribution >= 4 is 17.6 Å². The summed E-state index contributed by atoms with van der Waals surface area (Å²) < 4.78 is 0. The van der Waals surface area contributed by atoms with Crippen LogP contribution in [-0.4, -0.2) is 16.4 Å². The molecule has 5 heteroatoms. The topological polar surface area (TPSA) is 74.0 Å². The molecule has 1 aromatic carbocycles. The first-order chi connectivity index (χ1) is 7.74. The van der Waals surface area contributed by atoms with Crippen LogP contribution in [0.1, 0.15) is 15.2 Å². The first kappa shape index (κ1) is 10.3. The van der Waals surface area contributed by atoms with Gasteiger partial charge in [-0.15, -0.1) is 11.3 Å². The number of nitriles is 1. The summed E-state index contributed by atoms with van der Waals surface area (Å²) in [5, 5.41) is 18.7. The van der Waals surface area contributed by atoms with E-state index in [2.05, 4.69) is 4.98 Å². The lowest BCUT2D eigenvalue weighted by Gasteiger charge is -1.98. The van der Waals surface area contributed by atoms with Gasteiger partial charge in [-0.25, -0.2) is 4.98 Å². The van der Waals surface area contributed by atoms with Gasteiger partial charge in [0.15, 0.2) is 6.29 Å². The molecule has 0 fully saturated rings. The van der Waals surface area contributed by atoms with Crippen molar-refractivity contribution in [3.63, 3.8) is 0 Å². The molecule has 1 aromatic heterocycles. The highest BCUT2D eigenvalue weighted by atomic mass is 32.1. The van der Waals surface area contributed by atoms with Crippen LogP contribution >= 0.6 is 11.3 Å². The van der Waals surface area contributed by atoms with E-state index in [9.17, 15) is 9.90 Å². The number of aromatic nitrogens is 1. The molecule has 1 heterocycles. The molecule has 0 saturated heterocycles. The Kier molecular flexibility index (Phi) is 2.66. The highest BCUT2D eigenvalue weighted by molar-refractivity contribution is 7.16. The van der Waals surface area contributed by atoms with E-state index < -0.39 is 0 Å². The van der Waals surface area contributed by atoms with Gasteiger partial charge in [0.2, 0.25) is 0 Å². The van der Waals surface area contributed by atoms with Gasteiger partial charge in [0, 0.05) is 11.8 Å². The van der Waals surface area contributed by atoms with E-state index in [0.29, 0.717) is 15.4 Å². The van der Waals surface area contributed by atoms with E-state index in [4.69, 9.17) is 5.26 Å². The van der Waals surface area contributed by atoms with Crippen molar-refractivity contribution in [2.24, 2.45) is 0 Å². The fourth-order valence-corrected chi connectivity index (χ4v) is 1.96. The molecule has 0 aliphatic rings. The summed E-state index contributed by atoms with van der Waals surface area (Å²) in [5.41, 5.74) is 0.910. The van der Waals surface area contributed by atoms with Crippen molar-refractivity contribution in [3.05, 3.63) is 34.8 Å². The Labute approximate surface area is 95.4 Å². The summed E-state index contributed by atoms with van der Waals surface area (Å²) in [5.74, 6) is -0.0570. The minimum Gasteiger partial charge on any atom is -0.507 e. The summed E-state index contributed by atoms with van der Waals surface area (Å²) in [4.78, 5) is 15.1. The molecule has 0 unspecified atom stereocenters. The molecule has 2 aromatic rings. The molecule has 4 nitrogen and oxygen atoms in total. The van der Waals surface area contributed by atoms with Crippen LogP contribution in [0.4, 0.5) is 0 Å². The Morgan fingerprint density at radius 1 is 1.50 bits per heavy atom. The number of hydrogen-bond donors (Lipinski definition) is 1. The number of aldehydes is 1. The third-order valence-corrected chi connectivity index (χ3v) is 2.98. The smallest absolute Gasteiger partial charge is 0.161 e. The minimum absolute atomic E-state index is 0.0570. The van der Waals surface area contributed by atoms with E-state index in [0.717, 1.165) is 6.29 Å². The molecule has 0 radical (unpaired) electrons. The molecule has 0 aliphatic carbocycles. The number of carbonyl (C=O) groups is 1. The van der Waals surface area contributed by atoms with Crippen LogP contribution in [0.25, 0.3) is 10.6 Å². The van der Waals surface area contributed by atoms with Crippen molar-refractivity contribution in [3.8, 4) is 22.4 Å². The maximum atomic E-state index is 10.5. The van der Waals surface area contributed by atoms with Crippen molar-refractivity contribution in [2.75, 3.05) is 0 Å². The van der Waals surface area contributed by atoms with Gasteiger partial charge in [-0.3, -0.25) is 4.79 Å². The molecule has 0 saturated carbocycles. The van der Waals surface area contributed by atoms with E-state index >= 15 is 0 Å². The number of nitrogens with zero attached hydrogens (tertiary/aromatic N) is 2. The Hall–Kier alpha value is -2.19. The minimum atomic E-state index is -0.0570. The number of rotatable bonds is 2. The first-order valence-corrected chi connectivity index (χ1v) is 5.20. The van der Waals surface area contributed by atoms with Crippen LogP contribution in [0.3, 0.4) is 0 Å². The summed E-state index contributed by atoms with van der Waals surface area (Å²) in [6.07, 6.45) is 2.21. The number of carbonyl (C=O) groups excluding carboxylic acids is 1. The Morgan fingerprint density at radius 3 is 2.94 bits per heavy atom. The third kappa shape index (κ3) is 1.78. The molecular weight excluding hydrogens is 224 g/mol. The van der Waals surface area contributed by atoms with E-state index in [1.807, 2.05) is 6.07 Å². The number of benzene rings is 1. The molecule has 0 amide bonds. The van der Waals surface area contributed by atoms with Gasteiger partial charge in [0.05, 0.1) is 10.4 Å². The average molecular weight is 230 g/mol. The lowest BCUT2D eigenvalue weighted by molar-refractivity contribution is 0.112. The number of thiazole rings is 1. The standard InChI is InChI=1S/C11H6N2O2S/c12-4-8-3-7(1-2-10(8)15)11-13-5-9(6-14)16-11/h1-3,5-6,15H. The number of aromatic hydroxyl groups is 1. The lowest BCUT2D eigenvalue weighted by atomic mass is 10.1. The number of phenols is 1. The van der Waals surface area contributed by atoms with Crippen LogP contribution in [0.5, 0.6) is 5.75 Å². The van der Waals surface area contributed by atoms with Gasteiger partial charge in [0.1, 0.15) is 16.8 Å². The molecule has 16 heavy (non-hydrogen) atoms. The highest BCUT2D eigenvalue weighted by Crippen LogP contribution is 2.28. The van der Waals surface area contributed by atoms with Crippen LogP contribution in [0.15, 0.2) is 24.4 Å². The van der Waals surface area contributed by atoms with E-state index in [1.54, 1.807) is 12.1 Å². The first-order valence-electron chi connectivity index (χ1n) is 4.39. The van der Waals surface area contributed by atoms with Crippen molar-refractivity contribution in [1.82, 2.24) is 4.98 Å². The molecule has 78 valence electrons. The summed E-state index contributed by atoms with van der Waals surface area (Å²) >= 11 is 1.24. The second-order valence-corrected chi connectivity index (χ2v) is 4.09. The lowest BCUT2D eigenvalue weighted by Crippen LogP contribution is -1.80. The monoisotopic (exact) mass is 230 g/mol. The zero-order valence-corrected chi connectivity index (χ0v) is 8.86. The van der Waals surface area contributed by atoms with E-state index in [-0.39, 0.29) is 11.3 Å². The van der Waals surface area contributed by atoms with Gasteiger partial charge >= 0.3 is 0 Å². The number of phenolic OH excluding ortho intramolecular Hbond substituents is 1. The predicted molar refractivity (Wildman–Crippen MR) is 59.3 cm³/mol. The van der Waals surface area contributed by atoms with Crippen LogP contribution in [-0.2, 0) is 0 Å². The van der Waals surface area contributed by atoms with Crippen LogP contribution < -0.4 is 0 Å². The van der Waals surface area contributed by atoms with E-state index in [1.165, 1.54) is 23.6 Å². The maximum Gasteiger partial charge on any atom is 0.161 e. The van der Waals surface area contributed by atoms with Crippen LogP contribution in [0.2, 0.25) is 0 Å². The molecule has 0 aliphatic heterocycles.